The molecule has 2 N–H and O–H groups in total. The van der Waals surface area contributed by atoms with Crippen LogP contribution in [0.15, 0.2) is 98.5 Å². The van der Waals surface area contributed by atoms with Crippen LogP contribution in [0.5, 0.6) is 0 Å². The third-order valence-electron chi connectivity index (χ3n) is 5.73. The normalized spacial score (nSPS) is 12.4. The summed E-state index contributed by atoms with van der Waals surface area (Å²) in [4.78, 5) is 12.5. The highest BCUT2D eigenvalue weighted by Gasteiger charge is 2.17. The average molecular weight is 449 g/mol. The Hall–Kier alpha value is -4.18. The number of H-pyrrole nitrogens is 1. The molecule has 0 aliphatic rings. The highest BCUT2D eigenvalue weighted by atomic mass is 15.0. The fraction of sp³-hybridized carbons (Fsp3) is 0.133. The van der Waals surface area contributed by atoms with E-state index in [0.29, 0.717) is 0 Å². The Kier molecular flexibility index (Phi) is 7.99. The van der Waals surface area contributed by atoms with Gasteiger partial charge in [0.15, 0.2) is 0 Å². The molecule has 0 saturated heterocycles. The molecule has 172 valence electrons. The van der Waals surface area contributed by atoms with Crippen LogP contribution in [0.4, 0.5) is 5.82 Å². The number of allylic oxidation sites excluding steroid dienone is 7. The topological polar surface area (TPSA) is 53.6 Å². The molecular formula is C30H32N4. The van der Waals surface area contributed by atoms with Crippen LogP contribution in [0, 0.1) is 6.92 Å². The molecule has 0 amide bonds. The molecule has 0 spiro atoms. The lowest BCUT2D eigenvalue weighted by Gasteiger charge is -2.14. The van der Waals surface area contributed by atoms with E-state index >= 15 is 0 Å². The van der Waals surface area contributed by atoms with Gasteiger partial charge in [0.2, 0.25) is 0 Å². The molecule has 0 saturated carbocycles. The van der Waals surface area contributed by atoms with Crippen LogP contribution >= 0.6 is 0 Å². The summed E-state index contributed by atoms with van der Waals surface area (Å²) in [6, 6.07) is 8.25. The predicted molar refractivity (Wildman–Crippen MR) is 147 cm³/mol. The number of nitrogens with one attached hydrogen (secondary N) is 2. The summed E-state index contributed by atoms with van der Waals surface area (Å²) >= 11 is 0. The fourth-order valence-electron chi connectivity index (χ4n) is 4.06. The number of aryl methyl sites for hydroxylation is 1. The molecule has 0 fully saturated rings. The lowest BCUT2D eigenvalue weighted by Crippen LogP contribution is -2.01. The van der Waals surface area contributed by atoms with Crippen molar-refractivity contribution in [3.8, 4) is 0 Å². The van der Waals surface area contributed by atoms with Gasteiger partial charge in [-0.05, 0) is 55.7 Å². The standard InChI is InChI=1S/C30H32N4/c1-8-12-20(4)25(10-3)24-16-27(30(31-7)33-19-24)21(5)29-17-28(22(6)34-29)26(13-9-2)23-14-11-15-32-18-23/h8-19,34H,1-2,5H2,3-4,6-7H3,(H,31,33)/b20-12-,25-10+,26-13-. The first-order chi connectivity index (χ1) is 16.4. The maximum atomic E-state index is 4.68. The van der Waals surface area contributed by atoms with Crippen molar-refractivity contribution in [2.24, 2.45) is 0 Å². The molecular weight excluding hydrogens is 416 g/mol. The van der Waals surface area contributed by atoms with Gasteiger partial charge in [-0.15, -0.1) is 0 Å². The van der Waals surface area contributed by atoms with Gasteiger partial charge in [0.1, 0.15) is 5.82 Å². The highest BCUT2D eigenvalue weighted by Crippen LogP contribution is 2.34. The molecule has 4 heteroatoms. The second-order valence-electron chi connectivity index (χ2n) is 7.92. The minimum Gasteiger partial charge on any atom is -0.373 e. The van der Waals surface area contributed by atoms with Crippen molar-refractivity contribution < 1.29 is 0 Å². The Balaban J connectivity index is 2.09. The predicted octanol–water partition coefficient (Wildman–Crippen LogP) is 7.37. The Morgan fingerprint density at radius 2 is 1.82 bits per heavy atom. The van der Waals surface area contributed by atoms with Crippen molar-refractivity contribution in [2.45, 2.75) is 20.8 Å². The van der Waals surface area contributed by atoms with Gasteiger partial charge in [-0.2, -0.15) is 0 Å². The van der Waals surface area contributed by atoms with Crippen molar-refractivity contribution in [3.05, 3.63) is 132 Å². The van der Waals surface area contributed by atoms with E-state index in [1.165, 1.54) is 0 Å². The number of pyridine rings is 2. The first kappa shape index (κ1) is 24.5. The molecule has 3 aromatic heterocycles. The van der Waals surface area contributed by atoms with Gasteiger partial charge < -0.3 is 10.3 Å². The second-order valence-corrected chi connectivity index (χ2v) is 7.92. The van der Waals surface area contributed by atoms with Crippen molar-refractivity contribution in [2.75, 3.05) is 12.4 Å². The fourth-order valence-corrected chi connectivity index (χ4v) is 4.06. The van der Waals surface area contributed by atoms with E-state index in [9.17, 15) is 0 Å². The van der Waals surface area contributed by atoms with Crippen LogP contribution in [0.3, 0.4) is 0 Å². The average Bonchev–Trinajstić information content (AvgIpc) is 3.24. The molecule has 34 heavy (non-hydrogen) atoms. The summed E-state index contributed by atoms with van der Waals surface area (Å²) in [6.07, 6.45) is 15.2. The molecule has 0 radical (unpaired) electrons. The van der Waals surface area contributed by atoms with Gasteiger partial charge in [0.05, 0.1) is 0 Å². The van der Waals surface area contributed by atoms with Crippen LogP contribution in [-0.2, 0) is 0 Å². The zero-order valence-corrected chi connectivity index (χ0v) is 20.4. The molecule has 0 aliphatic heterocycles. The van der Waals surface area contributed by atoms with E-state index in [1.54, 1.807) is 18.3 Å². The van der Waals surface area contributed by atoms with Crippen LogP contribution in [0.2, 0.25) is 0 Å². The van der Waals surface area contributed by atoms with Crippen molar-refractivity contribution in [1.29, 1.82) is 0 Å². The smallest absolute Gasteiger partial charge is 0.133 e. The minimum atomic E-state index is 0.775. The van der Waals surface area contributed by atoms with Gasteiger partial charge in [-0.1, -0.05) is 56.2 Å². The highest BCUT2D eigenvalue weighted by molar-refractivity contribution is 5.89. The molecule has 0 unspecified atom stereocenters. The zero-order chi connectivity index (χ0) is 24.7. The molecule has 0 bridgehead atoms. The largest absolute Gasteiger partial charge is 0.373 e. The van der Waals surface area contributed by atoms with Crippen LogP contribution in [0.1, 0.15) is 47.5 Å². The van der Waals surface area contributed by atoms with Crippen molar-refractivity contribution in [1.82, 2.24) is 15.0 Å². The maximum absolute atomic E-state index is 4.68. The van der Waals surface area contributed by atoms with E-state index in [2.05, 4.69) is 72.1 Å². The summed E-state index contributed by atoms with van der Waals surface area (Å²) < 4.78 is 0. The van der Waals surface area contributed by atoms with Crippen LogP contribution < -0.4 is 5.32 Å². The molecule has 0 aromatic carbocycles. The van der Waals surface area contributed by atoms with Gasteiger partial charge >= 0.3 is 0 Å². The molecule has 3 aromatic rings. The van der Waals surface area contributed by atoms with E-state index in [4.69, 9.17) is 0 Å². The van der Waals surface area contributed by atoms with E-state index in [1.807, 2.05) is 50.6 Å². The molecule has 4 nitrogen and oxygen atoms in total. The Labute approximate surface area is 202 Å². The van der Waals surface area contributed by atoms with Gasteiger partial charge in [0, 0.05) is 64.9 Å². The summed E-state index contributed by atoms with van der Waals surface area (Å²) in [5, 5.41) is 3.21. The monoisotopic (exact) mass is 448 g/mol. The number of rotatable bonds is 9. The van der Waals surface area contributed by atoms with Crippen LogP contribution in [-0.4, -0.2) is 22.0 Å². The lowest BCUT2D eigenvalue weighted by atomic mass is 9.95. The minimum absolute atomic E-state index is 0.775. The molecule has 3 rings (SSSR count). The number of hydrogen-bond donors (Lipinski definition) is 2. The quantitative estimate of drug-likeness (QED) is 0.336. The van der Waals surface area contributed by atoms with E-state index in [0.717, 1.165) is 61.8 Å². The SMILES string of the molecule is C=C/C=C(C)\C(=C/C)c1cnc(NC)c(C(=C)c2cc(/C(=C\C=C)c3cccnc3)c(C)[nH]2)c1. The molecule has 0 aliphatic carbocycles. The molecule has 3 heterocycles. The Morgan fingerprint density at radius 1 is 1.06 bits per heavy atom. The van der Waals surface area contributed by atoms with E-state index < -0.39 is 0 Å². The third-order valence-corrected chi connectivity index (χ3v) is 5.73. The summed E-state index contributed by atoms with van der Waals surface area (Å²) in [5.41, 5.74) is 10.2. The lowest BCUT2D eigenvalue weighted by molar-refractivity contribution is 1.21. The Bertz CT molecular complexity index is 1300. The van der Waals surface area contributed by atoms with Crippen molar-refractivity contribution >= 4 is 22.5 Å². The van der Waals surface area contributed by atoms with Gasteiger partial charge in [-0.3, -0.25) is 4.98 Å². The first-order valence-corrected chi connectivity index (χ1v) is 11.2. The van der Waals surface area contributed by atoms with Crippen LogP contribution in [0.25, 0.3) is 16.7 Å². The second kappa shape index (κ2) is 11.1. The van der Waals surface area contributed by atoms with E-state index in [-0.39, 0.29) is 0 Å². The first-order valence-electron chi connectivity index (χ1n) is 11.2. The molecule has 0 atom stereocenters. The number of anilines is 1. The number of nitrogens with zero attached hydrogens (tertiary/aromatic N) is 2. The van der Waals surface area contributed by atoms with Crippen molar-refractivity contribution in [3.63, 3.8) is 0 Å². The zero-order valence-electron chi connectivity index (χ0n) is 20.4. The summed E-state index contributed by atoms with van der Waals surface area (Å²) in [5.74, 6) is 0.775. The summed E-state index contributed by atoms with van der Waals surface area (Å²) in [7, 11) is 1.87. The number of aromatic nitrogens is 3. The number of hydrogen-bond acceptors (Lipinski definition) is 3. The van der Waals surface area contributed by atoms with Gasteiger partial charge in [0.25, 0.3) is 0 Å². The number of aromatic amines is 1. The van der Waals surface area contributed by atoms with Gasteiger partial charge in [-0.25, -0.2) is 4.98 Å². The third kappa shape index (κ3) is 5.07. The summed E-state index contributed by atoms with van der Waals surface area (Å²) in [6.45, 7) is 18.3. The Morgan fingerprint density at radius 3 is 2.44 bits per heavy atom. The maximum Gasteiger partial charge on any atom is 0.133 e.